The number of aromatic nitrogens is 2. The van der Waals surface area contributed by atoms with Gasteiger partial charge >= 0.3 is 0 Å². The first-order valence-corrected chi connectivity index (χ1v) is 6.11. The number of rotatable bonds is 2. The Labute approximate surface area is 101 Å². The summed E-state index contributed by atoms with van der Waals surface area (Å²) < 4.78 is 0. The highest BCUT2D eigenvalue weighted by atomic mass is 15.2. The molecule has 2 unspecified atom stereocenters. The lowest BCUT2D eigenvalue weighted by molar-refractivity contribution is 0.584. The molecule has 0 fully saturated rings. The van der Waals surface area contributed by atoms with Gasteiger partial charge in [0.05, 0.1) is 6.54 Å². The minimum Gasteiger partial charge on any atom is -0.361 e. The SMILES string of the molecule is CC1c2ccccc2N(Cc2ncc[nH]2)C1C. The quantitative estimate of drug-likeness (QED) is 0.855. The minimum absolute atomic E-state index is 0.525. The maximum atomic E-state index is 4.31. The Kier molecular flexibility index (Phi) is 2.39. The normalized spacial score (nSPS) is 22.8. The molecular formula is C14H17N3. The van der Waals surface area contributed by atoms with E-state index >= 15 is 0 Å². The first kappa shape index (κ1) is 10.4. The molecule has 1 aromatic heterocycles. The number of fused-ring (bicyclic) bond motifs is 1. The zero-order chi connectivity index (χ0) is 11.8. The molecule has 1 aliphatic rings. The molecule has 3 nitrogen and oxygen atoms in total. The van der Waals surface area contributed by atoms with Crippen LogP contribution in [0.25, 0.3) is 0 Å². The van der Waals surface area contributed by atoms with E-state index in [1.807, 2.05) is 12.4 Å². The third-order valence-corrected chi connectivity index (χ3v) is 3.83. The van der Waals surface area contributed by atoms with Crippen LogP contribution in [0.2, 0.25) is 0 Å². The van der Waals surface area contributed by atoms with Crippen molar-refractivity contribution < 1.29 is 0 Å². The molecule has 0 amide bonds. The topological polar surface area (TPSA) is 31.9 Å². The van der Waals surface area contributed by atoms with Crippen LogP contribution in [0.5, 0.6) is 0 Å². The van der Waals surface area contributed by atoms with E-state index in [0.29, 0.717) is 12.0 Å². The smallest absolute Gasteiger partial charge is 0.125 e. The Bertz CT molecular complexity index is 504. The molecule has 0 bridgehead atoms. The second-order valence-electron chi connectivity index (χ2n) is 4.75. The first-order valence-electron chi connectivity index (χ1n) is 6.11. The van der Waals surface area contributed by atoms with Gasteiger partial charge < -0.3 is 9.88 Å². The lowest BCUT2D eigenvalue weighted by Gasteiger charge is -2.25. The van der Waals surface area contributed by atoms with Gasteiger partial charge in [0.15, 0.2) is 0 Å². The molecule has 88 valence electrons. The fraction of sp³-hybridized carbons (Fsp3) is 0.357. The summed E-state index contributed by atoms with van der Waals surface area (Å²) in [7, 11) is 0. The number of H-pyrrole nitrogens is 1. The van der Waals surface area contributed by atoms with Gasteiger partial charge in [-0.15, -0.1) is 0 Å². The molecule has 0 saturated heterocycles. The van der Waals surface area contributed by atoms with Gasteiger partial charge in [0.1, 0.15) is 5.82 Å². The largest absolute Gasteiger partial charge is 0.361 e. The average molecular weight is 227 g/mol. The van der Waals surface area contributed by atoms with Crippen LogP contribution in [0.15, 0.2) is 36.7 Å². The molecule has 0 radical (unpaired) electrons. The number of imidazole rings is 1. The molecule has 2 aromatic rings. The third kappa shape index (κ3) is 1.62. The Morgan fingerprint density at radius 3 is 2.88 bits per heavy atom. The van der Waals surface area contributed by atoms with Gasteiger partial charge in [-0.3, -0.25) is 0 Å². The summed E-state index contributed by atoms with van der Waals surface area (Å²) in [6.07, 6.45) is 3.69. The van der Waals surface area contributed by atoms with Crippen molar-refractivity contribution in [1.82, 2.24) is 9.97 Å². The van der Waals surface area contributed by atoms with E-state index in [9.17, 15) is 0 Å². The van der Waals surface area contributed by atoms with Gasteiger partial charge in [-0.1, -0.05) is 25.1 Å². The summed E-state index contributed by atoms with van der Waals surface area (Å²) in [6, 6.07) is 9.20. The number of benzene rings is 1. The number of hydrogen-bond acceptors (Lipinski definition) is 2. The van der Waals surface area contributed by atoms with E-state index in [2.05, 4.69) is 53.0 Å². The fourth-order valence-electron chi connectivity index (χ4n) is 2.66. The second-order valence-corrected chi connectivity index (χ2v) is 4.75. The lowest BCUT2D eigenvalue weighted by atomic mass is 9.98. The molecular weight excluding hydrogens is 210 g/mol. The van der Waals surface area contributed by atoms with Crippen LogP contribution in [0.4, 0.5) is 5.69 Å². The van der Waals surface area contributed by atoms with Crippen molar-refractivity contribution in [2.45, 2.75) is 32.4 Å². The predicted molar refractivity (Wildman–Crippen MR) is 69.1 cm³/mol. The van der Waals surface area contributed by atoms with E-state index in [0.717, 1.165) is 12.4 Å². The molecule has 3 heteroatoms. The summed E-state index contributed by atoms with van der Waals surface area (Å²) in [5, 5.41) is 0. The molecule has 17 heavy (non-hydrogen) atoms. The van der Waals surface area contributed by atoms with Crippen LogP contribution in [0, 0.1) is 0 Å². The Morgan fingerprint density at radius 1 is 1.29 bits per heavy atom. The van der Waals surface area contributed by atoms with Crippen molar-refractivity contribution in [3.05, 3.63) is 48.0 Å². The molecule has 0 spiro atoms. The Balaban J connectivity index is 1.95. The van der Waals surface area contributed by atoms with Crippen molar-refractivity contribution in [1.29, 1.82) is 0 Å². The van der Waals surface area contributed by atoms with Gasteiger partial charge in [-0.2, -0.15) is 0 Å². The number of aromatic amines is 1. The van der Waals surface area contributed by atoms with Gasteiger partial charge in [-0.25, -0.2) is 4.98 Å². The van der Waals surface area contributed by atoms with Crippen LogP contribution in [0.3, 0.4) is 0 Å². The summed E-state index contributed by atoms with van der Waals surface area (Å²) in [6.45, 7) is 5.44. The molecule has 2 heterocycles. The van der Waals surface area contributed by atoms with Gasteiger partial charge in [-0.05, 0) is 18.6 Å². The van der Waals surface area contributed by atoms with Crippen molar-refractivity contribution >= 4 is 5.69 Å². The Hall–Kier alpha value is -1.77. The molecule has 0 aliphatic carbocycles. The van der Waals surface area contributed by atoms with Crippen LogP contribution in [-0.4, -0.2) is 16.0 Å². The monoisotopic (exact) mass is 227 g/mol. The van der Waals surface area contributed by atoms with E-state index < -0.39 is 0 Å². The fourth-order valence-corrected chi connectivity index (χ4v) is 2.66. The second kappa shape index (κ2) is 3.91. The van der Waals surface area contributed by atoms with Crippen molar-refractivity contribution in [3.63, 3.8) is 0 Å². The van der Waals surface area contributed by atoms with E-state index in [1.54, 1.807) is 0 Å². The first-order chi connectivity index (χ1) is 8.27. The highest BCUT2D eigenvalue weighted by molar-refractivity contribution is 5.61. The summed E-state index contributed by atoms with van der Waals surface area (Å²) in [5.74, 6) is 1.61. The molecule has 1 N–H and O–H groups in total. The summed E-state index contributed by atoms with van der Waals surface area (Å²) in [4.78, 5) is 9.92. The number of nitrogens with one attached hydrogen (secondary N) is 1. The zero-order valence-electron chi connectivity index (χ0n) is 10.2. The van der Waals surface area contributed by atoms with Crippen LogP contribution < -0.4 is 4.90 Å². The van der Waals surface area contributed by atoms with E-state index in [4.69, 9.17) is 0 Å². The average Bonchev–Trinajstić information content (AvgIpc) is 2.94. The van der Waals surface area contributed by atoms with E-state index in [-0.39, 0.29) is 0 Å². The maximum absolute atomic E-state index is 4.31. The molecule has 1 aromatic carbocycles. The molecule has 3 rings (SSSR count). The molecule has 2 atom stereocenters. The van der Waals surface area contributed by atoms with Crippen molar-refractivity contribution in [2.75, 3.05) is 4.90 Å². The van der Waals surface area contributed by atoms with Crippen molar-refractivity contribution in [2.24, 2.45) is 0 Å². The van der Waals surface area contributed by atoms with E-state index in [1.165, 1.54) is 11.3 Å². The highest BCUT2D eigenvalue weighted by Crippen LogP contribution is 2.40. The standard InChI is InChI=1S/C14H17N3/c1-10-11(2)17(9-14-15-7-8-16-14)13-6-4-3-5-12(10)13/h3-8,10-11H,9H2,1-2H3,(H,15,16). The molecule has 1 aliphatic heterocycles. The minimum atomic E-state index is 0.525. The number of para-hydroxylation sites is 1. The lowest BCUT2D eigenvalue weighted by Crippen LogP contribution is -2.30. The Morgan fingerprint density at radius 2 is 2.12 bits per heavy atom. The number of anilines is 1. The highest BCUT2D eigenvalue weighted by Gasteiger charge is 2.32. The van der Waals surface area contributed by atoms with Gasteiger partial charge in [0, 0.05) is 30.0 Å². The molecule has 0 saturated carbocycles. The van der Waals surface area contributed by atoms with Gasteiger partial charge in [0.25, 0.3) is 0 Å². The maximum Gasteiger partial charge on any atom is 0.125 e. The van der Waals surface area contributed by atoms with Crippen LogP contribution in [-0.2, 0) is 6.54 Å². The number of nitrogens with zero attached hydrogens (tertiary/aromatic N) is 2. The van der Waals surface area contributed by atoms with Crippen molar-refractivity contribution in [3.8, 4) is 0 Å². The van der Waals surface area contributed by atoms with Crippen LogP contribution in [0.1, 0.15) is 31.2 Å². The van der Waals surface area contributed by atoms with Crippen LogP contribution >= 0.6 is 0 Å². The predicted octanol–water partition coefficient (Wildman–Crippen LogP) is 2.92. The summed E-state index contributed by atoms with van der Waals surface area (Å²) in [5.41, 5.74) is 2.80. The van der Waals surface area contributed by atoms with Gasteiger partial charge in [0.2, 0.25) is 0 Å². The third-order valence-electron chi connectivity index (χ3n) is 3.83. The summed E-state index contributed by atoms with van der Waals surface area (Å²) >= 11 is 0. The zero-order valence-corrected chi connectivity index (χ0v) is 10.2. The number of hydrogen-bond donors (Lipinski definition) is 1.